The van der Waals surface area contributed by atoms with Crippen LogP contribution in [0.5, 0.6) is 5.75 Å². The lowest BCUT2D eigenvalue weighted by atomic mass is 10.1. The van der Waals surface area contributed by atoms with Crippen LogP contribution in [0.1, 0.15) is 12.5 Å². The number of rotatable bonds is 7. The molecule has 122 valence electrons. The van der Waals surface area contributed by atoms with E-state index in [1.807, 2.05) is 0 Å². The Balaban J connectivity index is 2.71. The van der Waals surface area contributed by atoms with E-state index in [2.05, 4.69) is 0 Å². The molecular weight excluding hydrogens is 289 g/mol. The first kappa shape index (κ1) is 17.9. The van der Waals surface area contributed by atoms with Gasteiger partial charge in [-0.05, 0) is 31.7 Å². The van der Waals surface area contributed by atoms with Crippen molar-refractivity contribution < 1.29 is 18.7 Å². The van der Waals surface area contributed by atoms with Gasteiger partial charge in [-0.3, -0.25) is 14.5 Å². The highest BCUT2D eigenvalue weighted by molar-refractivity contribution is 5.82. The highest BCUT2D eigenvalue weighted by atomic mass is 19.1. The minimum absolute atomic E-state index is 0.00207. The van der Waals surface area contributed by atoms with E-state index in [1.54, 1.807) is 32.0 Å². The van der Waals surface area contributed by atoms with Crippen molar-refractivity contribution in [2.45, 2.75) is 19.5 Å². The van der Waals surface area contributed by atoms with Crippen molar-refractivity contribution in [2.24, 2.45) is 5.73 Å². The third-order valence-corrected chi connectivity index (χ3v) is 3.44. The summed E-state index contributed by atoms with van der Waals surface area (Å²) in [7, 11) is 4.66. The topological polar surface area (TPSA) is 75.9 Å². The number of ether oxygens (including phenoxy) is 1. The third kappa shape index (κ3) is 4.70. The number of hydrogen-bond donors (Lipinski definition) is 1. The summed E-state index contributed by atoms with van der Waals surface area (Å²) in [4.78, 5) is 26.2. The lowest BCUT2D eigenvalue weighted by molar-refractivity contribution is -0.135. The standard InChI is InChI=1S/C15H22FN3O3/c1-10(18(2)9-14(17)20)15(21)19(3)8-11-5-6-13(22-4)12(16)7-11/h5-7,10H,8-9H2,1-4H3,(H2,17,20)/t10-/m1/s1. The molecule has 0 aliphatic rings. The number of amides is 2. The summed E-state index contributed by atoms with van der Waals surface area (Å²) in [6.07, 6.45) is 0. The van der Waals surface area contributed by atoms with Crippen LogP contribution in [0.25, 0.3) is 0 Å². The first-order valence-corrected chi connectivity index (χ1v) is 6.82. The molecule has 22 heavy (non-hydrogen) atoms. The van der Waals surface area contributed by atoms with Gasteiger partial charge < -0.3 is 15.4 Å². The molecule has 1 rings (SSSR count). The molecule has 1 aromatic carbocycles. The Morgan fingerprint density at radius 2 is 2.00 bits per heavy atom. The largest absolute Gasteiger partial charge is 0.494 e. The zero-order chi connectivity index (χ0) is 16.9. The van der Waals surface area contributed by atoms with E-state index in [4.69, 9.17) is 10.5 Å². The quantitative estimate of drug-likeness (QED) is 0.800. The minimum Gasteiger partial charge on any atom is -0.494 e. The van der Waals surface area contributed by atoms with Gasteiger partial charge >= 0.3 is 0 Å². The molecule has 1 atom stereocenters. The van der Waals surface area contributed by atoms with Gasteiger partial charge in [0.05, 0.1) is 19.7 Å². The second-order valence-corrected chi connectivity index (χ2v) is 5.22. The van der Waals surface area contributed by atoms with Crippen molar-refractivity contribution >= 4 is 11.8 Å². The second kappa shape index (κ2) is 7.74. The molecule has 2 N–H and O–H groups in total. The summed E-state index contributed by atoms with van der Waals surface area (Å²) in [5.74, 6) is -0.992. The Bertz CT molecular complexity index is 551. The maximum Gasteiger partial charge on any atom is 0.239 e. The number of nitrogens with two attached hydrogens (primary N) is 1. The molecule has 0 aromatic heterocycles. The van der Waals surface area contributed by atoms with Crippen molar-refractivity contribution in [3.05, 3.63) is 29.6 Å². The van der Waals surface area contributed by atoms with Gasteiger partial charge in [0.1, 0.15) is 0 Å². The number of nitrogens with zero attached hydrogens (tertiary/aromatic N) is 2. The van der Waals surface area contributed by atoms with Gasteiger partial charge in [0, 0.05) is 13.6 Å². The zero-order valence-corrected chi connectivity index (χ0v) is 13.3. The van der Waals surface area contributed by atoms with Gasteiger partial charge in [-0.15, -0.1) is 0 Å². The van der Waals surface area contributed by atoms with Gasteiger partial charge in [0.2, 0.25) is 11.8 Å². The normalized spacial score (nSPS) is 12.1. The molecule has 0 aliphatic carbocycles. The smallest absolute Gasteiger partial charge is 0.239 e. The molecule has 0 bridgehead atoms. The Morgan fingerprint density at radius 1 is 1.36 bits per heavy atom. The number of benzene rings is 1. The molecule has 1 aromatic rings. The molecular formula is C15H22FN3O3. The van der Waals surface area contributed by atoms with Crippen LogP contribution in [0, 0.1) is 5.82 Å². The van der Waals surface area contributed by atoms with E-state index in [0.29, 0.717) is 5.56 Å². The second-order valence-electron chi connectivity index (χ2n) is 5.22. The number of likely N-dealkylation sites (N-methyl/N-ethyl adjacent to an activating group) is 2. The van der Waals surface area contributed by atoms with Crippen molar-refractivity contribution in [2.75, 3.05) is 27.7 Å². The van der Waals surface area contributed by atoms with E-state index in [-0.39, 0.29) is 24.7 Å². The zero-order valence-electron chi connectivity index (χ0n) is 13.3. The Kier molecular flexibility index (Phi) is 6.30. The fraction of sp³-hybridized carbons (Fsp3) is 0.467. The van der Waals surface area contributed by atoms with Gasteiger partial charge in [-0.1, -0.05) is 6.07 Å². The number of carbonyl (C=O) groups excluding carboxylic acids is 2. The van der Waals surface area contributed by atoms with Crippen molar-refractivity contribution in [1.29, 1.82) is 0 Å². The fourth-order valence-electron chi connectivity index (χ4n) is 2.05. The van der Waals surface area contributed by atoms with E-state index >= 15 is 0 Å². The number of methoxy groups -OCH3 is 1. The van der Waals surface area contributed by atoms with Crippen LogP contribution in [-0.4, -0.2) is 55.4 Å². The predicted octanol–water partition coefficient (Wildman–Crippen LogP) is 0.598. The van der Waals surface area contributed by atoms with Gasteiger partial charge in [-0.25, -0.2) is 4.39 Å². The van der Waals surface area contributed by atoms with E-state index in [1.165, 1.54) is 24.1 Å². The van der Waals surface area contributed by atoms with Crippen LogP contribution in [0.4, 0.5) is 4.39 Å². The first-order valence-electron chi connectivity index (χ1n) is 6.82. The molecule has 0 saturated heterocycles. The highest BCUT2D eigenvalue weighted by Crippen LogP contribution is 2.18. The monoisotopic (exact) mass is 311 g/mol. The first-order chi connectivity index (χ1) is 10.3. The summed E-state index contributed by atoms with van der Waals surface area (Å²) in [6, 6.07) is 4.05. The Morgan fingerprint density at radius 3 is 2.50 bits per heavy atom. The van der Waals surface area contributed by atoms with E-state index in [9.17, 15) is 14.0 Å². The van der Waals surface area contributed by atoms with Crippen LogP contribution in [0.2, 0.25) is 0 Å². The summed E-state index contributed by atoms with van der Waals surface area (Å²) in [5.41, 5.74) is 5.77. The average molecular weight is 311 g/mol. The maximum absolute atomic E-state index is 13.6. The Labute approximate surface area is 129 Å². The molecule has 7 heteroatoms. The van der Waals surface area contributed by atoms with Crippen LogP contribution < -0.4 is 10.5 Å². The summed E-state index contributed by atoms with van der Waals surface area (Å²) in [6.45, 7) is 1.95. The molecule has 0 heterocycles. The molecule has 0 saturated carbocycles. The van der Waals surface area contributed by atoms with Crippen LogP contribution >= 0.6 is 0 Å². The van der Waals surface area contributed by atoms with Crippen molar-refractivity contribution in [3.63, 3.8) is 0 Å². The minimum atomic E-state index is -0.499. The number of halogens is 1. The van der Waals surface area contributed by atoms with Crippen molar-refractivity contribution in [3.8, 4) is 5.75 Å². The van der Waals surface area contributed by atoms with E-state index in [0.717, 1.165) is 0 Å². The van der Waals surface area contributed by atoms with Gasteiger partial charge in [0.15, 0.2) is 11.6 Å². The SMILES string of the molecule is COc1ccc(CN(C)C(=O)[C@@H](C)N(C)CC(N)=O)cc1F. The third-order valence-electron chi connectivity index (χ3n) is 3.44. The number of carbonyl (C=O) groups is 2. The lowest BCUT2D eigenvalue weighted by Crippen LogP contribution is -2.46. The fourth-order valence-corrected chi connectivity index (χ4v) is 2.05. The summed E-state index contributed by atoms with van der Waals surface area (Å²) >= 11 is 0. The van der Waals surface area contributed by atoms with Gasteiger partial charge in [0.25, 0.3) is 0 Å². The van der Waals surface area contributed by atoms with Crippen LogP contribution in [-0.2, 0) is 16.1 Å². The molecule has 0 unspecified atom stereocenters. The number of primary amides is 1. The highest BCUT2D eigenvalue weighted by Gasteiger charge is 2.22. The van der Waals surface area contributed by atoms with E-state index < -0.39 is 17.8 Å². The van der Waals surface area contributed by atoms with Crippen LogP contribution in [0.15, 0.2) is 18.2 Å². The average Bonchev–Trinajstić information content (AvgIpc) is 2.45. The number of hydrogen-bond acceptors (Lipinski definition) is 4. The lowest BCUT2D eigenvalue weighted by Gasteiger charge is -2.27. The molecule has 0 spiro atoms. The molecule has 6 nitrogen and oxygen atoms in total. The summed E-state index contributed by atoms with van der Waals surface area (Å²) < 4.78 is 18.5. The Hall–Kier alpha value is -2.15. The molecule has 0 aliphatic heterocycles. The predicted molar refractivity (Wildman–Crippen MR) is 80.7 cm³/mol. The molecule has 0 radical (unpaired) electrons. The molecule has 0 fully saturated rings. The van der Waals surface area contributed by atoms with Crippen molar-refractivity contribution in [1.82, 2.24) is 9.80 Å². The van der Waals surface area contributed by atoms with Crippen LogP contribution in [0.3, 0.4) is 0 Å². The molecule has 2 amide bonds. The maximum atomic E-state index is 13.6. The van der Waals surface area contributed by atoms with Gasteiger partial charge in [-0.2, -0.15) is 0 Å². The summed E-state index contributed by atoms with van der Waals surface area (Å²) in [5, 5.41) is 0.